The highest BCUT2D eigenvalue weighted by atomic mass is 35.5. The van der Waals surface area contributed by atoms with Gasteiger partial charge in [-0.05, 0) is 80.1 Å². The number of aryl methyl sites for hydroxylation is 1. The van der Waals surface area contributed by atoms with Crippen molar-refractivity contribution in [2.45, 2.75) is 57.3 Å². The Morgan fingerprint density at radius 2 is 1.59 bits per heavy atom. The summed E-state index contributed by atoms with van der Waals surface area (Å²) in [4.78, 5) is 28.0. The summed E-state index contributed by atoms with van der Waals surface area (Å²) >= 11 is 6.28. The van der Waals surface area contributed by atoms with Gasteiger partial charge in [0.15, 0.2) is 9.84 Å². The number of nitrogens with one attached hydrogen (secondary N) is 2. The Morgan fingerprint density at radius 3 is 2.17 bits per heavy atom. The van der Waals surface area contributed by atoms with Crippen molar-refractivity contribution in [3.05, 3.63) is 100 Å². The fourth-order valence-electron chi connectivity index (χ4n) is 5.47. The Hall–Kier alpha value is -4.15. The van der Waals surface area contributed by atoms with Gasteiger partial charge >= 0.3 is 6.03 Å². The molecule has 3 amide bonds. The predicted octanol–water partition coefficient (Wildman–Crippen LogP) is 7.27. The van der Waals surface area contributed by atoms with E-state index in [2.05, 4.69) is 31.4 Å². The molecule has 2 heterocycles. The summed E-state index contributed by atoms with van der Waals surface area (Å²) in [6, 6.07) is 21.6. The summed E-state index contributed by atoms with van der Waals surface area (Å²) in [5, 5.41) is 10.8. The summed E-state index contributed by atoms with van der Waals surface area (Å²) < 4.78 is 25.4. The largest absolute Gasteiger partial charge is 0.339 e. The predicted molar refractivity (Wildman–Crippen MR) is 183 cm³/mol. The second-order valence-corrected chi connectivity index (χ2v) is 15.5. The Morgan fingerprint density at radius 1 is 0.935 bits per heavy atom. The molecule has 11 heteroatoms. The van der Waals surface area contributed by atoms with E-state index in [9.17, 15) is 18.0 Å². The summed E-state index contributed by atoms with van der Waals surface area (Å²) in [7, 11) is -3.40. The lowest BCUT2D eigenvalue weighted by Gasteiger charge is -2.32. The third-order valence-corrected chi connectivity index (χ3v) is 9.66. The molecule has 3 aromatic carbocycles. The van der Waals surface area contributed by atoms with Crippen LogP contribution in [0.1, 0.15) is 60.8 Å². The molecule has 4 aromatic rings. The number of anilines is 2. The van der Waals surface area contributed by atoms with Crippen molar-refractivity contribution in [3.8, 4) is 5.69 Å². The van der Waals surface area contributed by atoms with E-state index < -0.39 is 9.84 Å². The molecule has 0 saturated carbocycles. The van der Waals surface area contributed by atoms with E-state index in [-0.39, 0.29) is 27.3 Å². The zero-order chi connectivity index (χ0) is 33.2. The summed E-state index contributed by atoms with van der Waals surface area (Å²) in [6.07, 6.45) is 3.67. The number of aromatic nitrogens is 2. The number of nitrogens with zero attached hydrogens (tertiary/aromatic N) is 3. The molecule has 46 heavy (non-hydrogen) atoms. The maximum atomic E-state index is 13.1. The van der Waals surface area contributed by atoms with Crippen molar-refractivity contribution < 1.29 is 18.0 Å². The number of hydrogen-bond donors (Lipinski definition) is 2. The molecule has 0 unspecified atom stereocenters. The second kappa shape index (κ2) is 13.3. The Kier molecular flexibility index (Phi) is 9.60. The number of carbonyl (C=O) groups excluding carboxylic acids is 2. The van der Waals surface area contributed by atoms with Crippen molar-refractivity contribution in [1.82, 2.24) is 14.7 Å². The van der Waals surface area contributed by atoms with E-state index in [1.165, 1.54) is 18.2 Å². The van der Waals surface area contributed by atoms with Gasteiger partial charge in [-0.1, -0.05) is 62.2 Å². The van der Waals surface area contributed by atoms with Gasteiger partial charge in [-0.15, -0.1) is 0 Å². The quantitative estimate of drug-likeness (QED) is 0.216. The van der Waals surface area contributed by atoms with Gasteiger partial charge in [-0.25, -0.2) is 17.9 Å². The molecule has 1 aliphatic heterocycles. The van der Waals surface area contributed by atoms with Crippen LogP contribution in [0.5, 0.6) is 0 Å². The van der Waals surface area contributed by atoms with Gasteiger partial charge in [0.05, 0.1) is 26.9 Å². The molecular formula is C35H40ClN5O4S. The zero-order valence-corrected chi connectivity index (χ0v) is 28.4. The van der Waals surface area contributed by atoms with Crippen LogP contribution in [-0.2, 0) is 21.7 Å². The number of piperidine rings is 1. The van der Waals surface area contributed by atoms with Crippen LogP contribution in [-0.4, -0.2) is 54.4 Å². The molecule has 1 saturated heterocycles. The van der Waals surface area contributed by atoms with E-state index >= 15 is 0 Å². The normalized spacial score (nSPS) is 14.3. The monoisotopic (exact) mass is 661 g/mol. The van der Waals surface area contributed by atoms with Crippen molar-refractivity contribution in [1.29, 1.82) is 0 Å². The zero-order valence-electron chi connectivity index (χ0n) is 26.8. The molecule has 242 valence electrons. The highest BCUT2D eigenvalue weighted by Gasteiger charge is 2.26. The number of rotatable bonds is 7. The molecule has 1 fully saturated rings. The molecule has 0 atom stereocenters. The SMILES string of the molecule is Cc1ccc(-n2nc(C(C)(C)C)cc2NC(=O)Nc2ccc(CC3CCN(C(=O)c4ccc(S(C)(=O)=O)cc4Cl)CC3)cc2)cc1. The fourth-order valence-corrected chi connectivity index (χ4v) is 6.44. The van der Waals surface area contributed by atoms with E-state index in [0.29, 0.717) is 36.1 Å². The van der Waals surface area contributed by atoms with Crippen molar-refractivity contribution in [3.63, 3.8) is 0 Å². The van der Waals surface area contributed by atoms with Gasteiger partial charge in [0.2, 0.25) is 0 Å². The summed E-state index contributed by atoms with van der Waals surface area (Å²) in [6.45, 7) is 9.49. The minimum atomic E-state index is -3.40. The van der Waals surface area contributed by atoms with E-state index in [1.807, 2.05) is 61.5 Å². The third kappa shape index (κ3) is 7.97. The topological polar surface area (TPSA) is 113 Å². The van der Waals surface area contributed by atoms with Crippen LogP contribution in [0, 0.1) is 12.8 Å². The number of halogens is 1. The first-order valence-electron chi connectivity index (χ1n) is 15.3. The van der Waals surface area contributed by atoms with Crippen LogP contribution < -0.4 is 10.6 Å². The minimum absolute atomic E-state index is 0.0925. The highest BCUT2D eigenvalue weighted by molar-refractivity contribution is 7.90. The molecule has 0 spiro atoms. The maximum Gasteiger partial charge on any atom is 0.324 e. The van der Waals surface area contributed by atoms with Gasteiger partial charge in [0.25, 0.3) is 5.91 Å². The molecule has 5 rings (SSSR count). The Balaban J connectivity index is 1.15. The highest BCUT2D eigenvalue weighted by Crippen LogP contribution is 2.28. The van der Waals surface area contributed by atoms with Gasteiger partial charge in [0.1, 0.15) is 5.82 Å². The standard InChI is InChI=1S/C35H40ClN5O4S/c1-23-6-12-27(13-7-23)41-32(22-31(39-41)35(2,3)4)38-34(43)37-26-10-8-24(9-11-26)20-25-16-18-40(19-17-25)33(42)29-15-14-28(21-30(29)36)46(5,44)45/h6-15,21-22,25H,16-20H2,1-5H3,(H2,37,38,43). The lowest BCUT2D eigenvalue weighted by Crippen LogP contribution is -2.39. The van der Waals surface area contributed by atoms with Crippen molar-refractivity contribution in [2.75, 3.05) is 30.0 Å². The number of sulfone groups is 1. The van der Waals surface area contributed by atoms with Gasteiger partial charge in [0, 0.05) is 36.5 Å². The number of carbonyl (C=O) groups is 2. The van der Waals surface area contributed by atoms with Crippen LogP contribution in [0.25, 0.3) is 5.69 Å². The molecular weight excluding hydrogens is 622 g/mol. The number of urea groups is 1. The van der Waals surface area contributed by atoms with Crippen molar-refractivity contribution >= 4 is 44.9 Å². The first-order valence-corrected chi connectivity index (χ1v) is 17.6. The minimum Gasteiger partial charge on any atom is -0.339 e. The number of likely N-dealkylation sites (tertiary alicyclic amines) is 1. The lowest BCUT2D eigenvalue weighted by molar-refractivity contribution is 0.0690. The van der Waals surface area contributed by atoms with Gasteiger partial charge < -0.3 is 10.2 Å². The molecule has 0 aliphatic carbocycles. The van der Waals surface area contributed by atoms with E-state index in [4.69, 9.17) is 16.7 Å². The molecule has 1 aliphatic rings. The fraction of sp³-hybridized carbons (Fsp3) is 0.343. The number of hydrogen-bond acceptors (Lipinski definition) is 5. The average Bonchev–Trinajstić information content (AvgIpc) is 3.42. The van der Waals surface area contributed by atoms with E-state index in [0.717, 1.165) is 48.0 Å². The van der Waals surface area contributed by atoms with Crippen LogP contribution in [0.2, 0.25) is 5.02 Å². The van der Waals surface area contributed by atoms with Gasteiger partial charge in [-0.2, -0.15) is 5.10 Å². The molecule has 1 aromatic heterocycles. The molecule has 0 radical (unpaired) electrons. The van der Waals surface area contributed by atoms with Crippen LogP contribution in [0.15, 0.2) is 77.7 Å². The number of amides is 3. The second-order valence-electron chi connectivity index (χ2n) is 13.0. The molecule has 9 nitrogen and oxygen atoms in total. The maximum absolute atomic E-state index is 13.1. The van der Waals surface area contributed by atoms with Crippen LogP contribution in [0.4, 0.5) is 16.3 Å². The molecule has 2 N–H and O–H groups in total. The van der Waals surface area contributed by atoms with Crippen LogP contribution >= 0.6 is 11.6 Å². The van der Waals surface area contributed by atoms with Crippen LogP contribution in [0.3, 0.4) is 0 Å². The lowest BCUT2D eigenvalue weighted by atomic mass is 9.90. The first-order chi connectivity index (χ1) is 21.7. The Labute approximate surface area is 275 Å². The molecule has 0 bridgehead atoms. The summed E-state index contributed by atoms with van der Waals surface area (Å²) in [5.74, 6) is 0.808. The smallest absolute Gasteiger partial charge is 0.324 e. The van der Waals surface area contributed by atoms with Crippen molar-refractivity contribution in [2.24, 2.45) is 5.92 Å². The Bertz CT molecular complexity index is 1840. The van der Waals surface area contributed by atoms with E-state index in [1.54, 1.807) is 9.58 Å². The van der Waals surface area contributed by atoms with Gasteiger partial charge in [-0.3, -0.25) is 10.1 Å². The number of benzene rings is 3. The third-order valence-electron chi connectivity index (χ3n) is 8.23. The average molecular weight is 662 g/mol. The first kappa shape index (κ1) is 33.2. The summed E-state index contributed by atoms with van der Waals surface area (Å²) in [5.41, 5.74) is 4.84.